The normalized spacial score (nSPS) is 12.2. The van der Waals surface area contributed by atoms with Gasteiger partial charge in [-0.1, -0.05) is 47.8 Å². The fraction of sp³-hybridized carbons (Fsp3) is 0.440. The summed E-state index contributed by atoms with van der Waals surface area (Å²) in [7, 11) is 0. The molecule has 1 N–H and O–H groups in total. The van der Waals surface area contributed by atoms with Crippen LogP contribution in [0.1, 0.15) is 52.5 Å². The van der Waals surface area contributed by atoms with Gasteiger partial charge in [0.1, 0.15) is 11.8 Å². The van der Waals surface area contributed by atoms with Gasteiger partial charge in [-0.25, -0.2) is 0 Å². The molecule has 5 nitrogen and oxygen atoms in total. The maximum absolute atomic E-state index is 13.3. The summed E-state index contributed by atoms with van der Waals surface area (Å²) < 4.78 is 5.70. The van der Waals surface area contributed by atoms with Crippen LogP contribution in [-0.2, 0) is 16.1 Å². The number of halogens is 3. The van der Waals surface area contributed by atoms with Crippen molar-refractivity contribution in [2.45, 2.75) is 65.1 Å². The van der Waals surface area contributed by atoms with Crippen molar-refractivity contribution in [3.8, 4) is 5.75 Å². The molecule has 0 heterocycles. The van der Waals surface area contributed by atoms with Crippen LogP contribution >= 0.6 is 34.8 Å². The van der Waals surface area contributed by atoms with Crippen molar-refractivity contribution < 1.29 is 14.3 Å². The molecule has 0 fully saturated rings. The number of rotatable bonds is 10. The molecule has 2 rings (SSSR count). The molecule has 180 valence electrons. The lowest BCUT2D eigenvalue weighted by Crippen LogP contribution is -2.53. The van der Waals surface area contributed by atoms with Gasteiger partial charge in [-0.05, 0) is 75.6 Å². The van der Waals surface area contributed by atoms with E-state index in [4.69, 9.17) is 39.5 Å². The summed E-state index contributed by atoms with van der Waals surface area (Å²) in [4.78, 5) is 27.9. The molecule has 0 spiro atoms. The van der Waals surface area contributed by atoms with Crippen LogP contribution < -0.4 is 10.1 Å². The highest BCUT2D eigenvalue weighted by Crippen LogP contribution is 2.24. The number of nitrogens with one attached hydrogen (secondary N) is 1. The summed E-state index contributed by atoms with van der Waals surface area (Å²) in [6.45, 7) is 8.20. The standard InChI is InChI=1S/C25H31Cl3N2O3/c1-5-22(24(32)29-25(2,3)4)30(16-17-8-9-19(27)15-21(17)28)23(31)7-6-14-33-20-12-10-18(26)11-13-20/h8-13,15,22H,5-7,14,16H2,1-4H3,(H,29,32)/t22-/m1/s1. The summed E-state index contributed by atoms with van der Waals surface area (Å²) in [5.74, 6) is 0.352. The van der Waals surface area contributed by atoms with Crippen LogP contribution in [0.25, 0.3) is 0 Å². The highest BCUT2D eigenvalue weighted by molar-refractivity contribution is 6.35. The van der Waals surface area contributed by atoms with Crippen molar-refractivity contribution >= 4 is 46.6 Å². The largest absolute Gasteiger partial charge is 0.494 e. The molecule has 1 atom stereocenters. The van der Waals surface area contributed by atoms with Crippen molar-refractivity contribution in [1.82, 2.24) is 10.2 Å². The first-order chi connectivity index (χ1) is 15.5. The minimum Gasteiger partial charge on any atom is -0.494 e. The Morgan fingerprint density at radius 3 is 2.24 bits per heavy atom. The Morgan fingerprint density at radius 1 is 1.03 bits per heavy atom. The zero-order valence-electron chi connectivity index (χ0n) is 19.5. The highest BCUT2D eigenvalue weighted by Gasteiger charge is 2.30. The van der Waals surface area contributed by atoms with Crippen LogP contribution in [0.2, 0.25) is 15.1 Å². The third-order valence-electron chi connectivity index (χ3n) is 4.86. The number of hydrogen-bond acceptors (Lipinski definition) is 3. The maximum Gasteiger partial charge on any atom is 0.243 e. The molecule has 0 saturated carbocycles. The molecule has 0 saturated heterocycles. The van der Waals surface area contributed by atoms with E-state index in [2.05, 4.69) is 5.32 Å². The van der Waals surface area contributed by atoms with E-state index in [1.807, 2.05) is 27.7 Å². The van der Waals surface area contributed by atoms with E-state index in [-0.39, 0.29) is 24.8 Å². The van der Waals surface area contributed by atoms with Crippen LogP contribution in [0.5, 0.6) is 5.75 Å². The Kier molecular flexibility index (Phi) is 10.3. The lowest BCUT2D eigenvalue weighted by Gasteiger charge is -2.33. The average molecular weight is 514 g/mol. The third-order valence-corrected chi connectivity index (χ3v) is 5.70. The Bertz CT molecular complexity index is 943. The van der Waals surface area contributed by atoms with Crippen molar-refractivity contribution in [2.75, 3.05) is 6.61 Å². The molecule has 33 heavy (non-hydrogen) atoms. The van der Waals surface area contributed by atoms with E-state index >= 15 is 0 Å². The Morgan fingerprint density at radius 2 is 1.67 bits per heavy atom. The molecule has 2 aromatic rings. The van der Waals surface area contributed by atoms with Crippen LogP contribution in [-0.4, -0.2) is 34.9 Å². The molecule has 0 radical (unpaired) electrons. The van der Waals surface area contributed by atoms with Gasteiger partial charge in [0.05, 0.1) is 6.61 Å². The van der Waals surface area contributed by atoms with Crippen LogP contribution in [0, 0.1) is 0 Å². The molecular weight excluding hydrogens is 483 g/mol. The van der Waals surface area contributed by atoms with Gasteiger partial charge < -0.3 is 15.0 Å². The molecule has 0 bridgehead atoms. The molecule has 8 heteroatoms. The Balaban J connectivity index is 2.12. The Labute approximate surface area is 211 Å². The van der Waals surface area contributed by atoms with E-state index in [0.717, 1.165) is 5.56 Å². The number of carbonyl (C=O) groups is 2. The topological polar surface area (TPSA) is 58.6 Å². The van der Waals surface area contributed by atoms with E-state index in [9.17, 15) is 9.59 Å². The van der Waals surface area contributed by atoms with Gasteiger partial charge in [-0.15, -0.1) is 0 Å². The van der Waals surface area contributed by atoms with E-state index < -0.39 is 11.6 Å². The number of benzene rings is 2. The molecule has 0 aliphatic carbocycles. The third kappa shape index (κ3) is 9.07. The SMILES string of the molecule is CC[C@H](C(=O)NC(C)(C)C)N(Cc1ccc(Cl)cc1Cl)C(=O)CCCOc1ccc(Cl)cc1. The predicted molar refractivity (Wildman–Crippen MR) is 135 cm³/mol. The number of ether oxygens (including phenoxy) is 1. The fourth-order valence-corrected chi connectivity index (χ4v) is 3.89. The van der Waals surface area contributed by atoms with Crippen LogP contribution in [0.4, 0.5) is 0 Å². The van der Waals surface area contributed by atoms with Crippen molar-refractivity contribution in [3.05, 3.63) is 63.1 Å². The van der Waals surface area contributed by atoms with E-state index in [0.29, 0.717) is 40.3 Å². The molecule has 0 aliphatic heterocycles. The van der Waals surface area contributed by atoms with Gasteiger partial charge in [-0.2, -0.15) is 0 Å². The minimum atomic E-state index is -0.624. The summed E-state index contributed by atoms with van der Waals surface area (Å²) in [5.41, 5.74) is 0.317. The first-order valence-electron chi connectivity index (χ1n) is 10.9. The van der Waals surface area contributed by atoms with Gasteiger partial charge in [-0.3, -0.25) is 9.59 Å². The smallest absolute Gasteiger partial charge is 0.243 e. The van der Waals surface area contributed by atoms with Gasteiger partial charge >= 0.3 is 0 Å². The first-order valence-corrected chi connectivity index (χ1v) is 12.1. The summed E-state index contributed by atoms with van der Waals surface area (Å²) in [6.07, 6.45) is 1.21. The lowest BCUT2D eigenvalue weighted by atomic mass is 10.0. The second-order valence-corrected chi connectivity index (χ2v) is 10.1. The van der Waals surface area contributed by atoms with E-state index in [1.54, 1.807) is 47.4 Å². The van der Waals surface area contributed by atoms with Crippen LogP contribution in [0.3, 0.4) is 0 Å². The van der Waals surface area contributed by atoms with Crippen molar-refractivity contribution in [2.24, 2.45) is 0 Å². The van der Waals surface area contributed by atoms with Gasteiger partial charge in [0.2, 0.25) is 11.8 Å². The Hall–Kier alpha value is -1.95. The zero-order chi connectivity index (χ0) is 24.6. The number of amides is 2. The van der Waals surface area contributed by atoms with Crippen molar-refractivity contribution in [1.29, 1.82) is 0 Å². The molecular formula is C25H31Cl3N2O3. The lowest BCUT2D eigenvalue weighted by molar-refractivity contribution is -0.142. The molecule has 0 aromatic heterocycles. The fourth-order valence-electron chi connectivity index (χ4n) is 3.29. The maximum atomic E-state index is 13.3. The minimum absolute atomic E-state index is 0.142. The average Bonchev–Trinajstić information content (AvgIpc) is 2.72. The number of carbonyl (C=O) groups excluding carboxylic acids is 2. The van der Waals surface area contributed by atoms with E-state index in [1.165, 1.54) is 0 Å². The zero-order valence-corrected chi connectivity index (χ0v) is 21.7. The second-order valence-electron chi connectivity index (χ2n) is 8.83. The number of hydrogen-bond donors (Lipinski definition) is 1. The predicted octanol–water partition coefficient (Wildman–Crippen LogP) is 6.53. The van der Waals surface area contributed by atoms with Gasteiger partial charge in [0, 0.05) is 33.6 Å². The van der Waals surface area contributed by atoms with Crippen LogP contribution in [0.15, 0.2) is 42.5 Å². The van der Waals surface area contributed by atoms with Gasteiger partial charge in [0.15, 0.2) is 0 Å². The molecule has 0 unspecified atom stereocenters. The first kappa shape index (κ1) is 27.3. The number of nitrogens with zero attached hydrogens (tertiary/aromatic N) is 1. The summed E-state index contributed by atoms with van der Waals surface area (Å²) in [5, 5.41) is 4.59. The quantitative estimate of drug-likeness (QED) is 0.368. The highest BCUT2D eigenvalue weighted by atomic mass is 35.5. The second kappa shape index (κ2) is 12.5. The van der Waals surface area contributed by atoms with Gasteiger partial charge in [0.25, 0.3) is 0 Å². The van der Waals surface area contributed by atoms with Crippen molar-refractivity contribution in [3.63, 3.8) is 0 Å². The summed E-state index contributed by atoms with van der Waals surface area (Å²) >= 11 is 18.3. The molecule has 2 aromatic carbocycles. The molecule has 0 aliphatic rings. The summed E-state index contributed by atoms with van der Waals surface area (Å²) in [6, 6.07) is 11.6. The molecule has 2 amide bonds. The monoisotopic (exact) mass is 512 g/mol.